The van der Waals surface area contributed by atoms with E-state index in [1.165, 1.54) is 0 Å². The molecule has 8 heteroatoms. The van der Waals surface area contributed by atoms with Gasteiger partial charge >= 0.3 is 17.6 Å². The van der Waals surface area contributed by atoms with Gasteiger partial charge in [-0.25, -0.2) is 14.0 Å². The fraction of sp³-hybridized carbons (Fsp3) is 0.538. The Balaban J connectivity index is 3.14. The van der Waals surface area contributed by atoms with E-state index in [2.05, 4.69) is 10.2 Å². The Bertz CT molecular complexity index is 544. The summed E-state index contributed by atoms with van der Waals surface area (Å²) in [6, 6.07) is 2.12. The molecule has 1 rings (SSSR count). The SMILES string of the molecule is CC(OC(=O)C(F)(C(=O)O)c1ccc(Cl)nn1)C(C)(C)C. The van der Waals surface area contributed by atoms with Crippen molar-refractivity contribution in [3.8, 4) is 0 Å². The van der Waals surface area contributed by atoms with Gasteiger partial charge in [0, 0.05) is 0 Å². The lowest BCUT2D eigenvalue weighted by Gasteiger charge is -2.29. The molecule has 21 heavy (non-hydrogen) atoms. The van der Waals surface area contributed by atoms with Crippen LogP contribution in [-0.4, -0.2) is 33.3 Å². The average molecular weight is 319 g/mol. The molecule has 0 fully saturated rings. The Morgan fingerprint density at radius 2 is 1.90 bits per heavy atom. The zero-order chi connectivity index (χ0) is 16.4. The van der Waals surface area contributed by atoms with Crippen molar-refractivity contribution in [1.29, 1.82) is 0 Å². The van der Waals surface area contributed by atoms with Crippen LogP contribution in [0.15, 0.2) is 12.1 Å². The van der Waals surface area contributed by atoms with E-state index in [4.69, 9.17) is 21.4 Å². The average Bonchev–Trinajstić information content (AvgIpc) is 2.37. The lowest BCUT2D eigenvalue weighted by molar-refractivity contribution is -0.179. The molecule has 0 saturated heterocycles. The Kier molecular flexibility index (Phi) is 4.88. The van der Waals surface area contributed by atoms with Gasteiger partial charge in [-0.05, 0) is 24.5 Å². The van der Waals surface area contributed by atoms with Crippen molar-refractivity contribution >= 4 is 23.5 Å². The molecule has 0 aromatic carbocycles. The maximum absolute atomic E-state index is 14.7. The second-order valence-electron chi connectivity index (χ2n) is 5.62. The molecule has 0 amide bonds. The number of alkyl halides is 1. The smallest absolute Gasteiger partial charge is 0.362 e. The van der Waals surface area contributed by atoms with Gasteiger partial charge in [-0.2, -0.15) is 0 Å². The predicted octanol–water partition coefficient (Wildman–Crippen LogP) is 2.36. The van der Waals surface area contributed by atoms with Crippen molar-refractivity contribution in [1.82, 2.24) is 10.2 Å². The highest BCUT2D eigenvalue weighted by Gasteiger charge is 2.53. The van der Waals surface area contributed by atoms with Crippen LogP contribution in [0.5, 0.6) is 0 Å². The number of carboxylic acid groups (broad SMARTS) is 1. The van der Waals surface area contributed by atoms with Crippen molar-refractivity contribution in [3.63, 3.8) is 0 Å². The molecule has 0 radical (unpaired) electrons. The minimum atomic E-state index is -3.43. The fourth-order valence-corrected chi connectivity index (χ4v) is 1.32. The number of ether oxygens (including phenoxy) is 1. The Morgan fingerprint density at radius 1 is 1.33 bits per heavy atom. The largest absolute Gasteiger partial charge is 0.478 e. The highest BCUT2D eigenvalue weighted by Crippen LogP contribution is 2.30. The van der Waals surface area contributed by atoms with Crippen molar-refractivity contribution in [2.24, 2.45) is 5.41 Å². The summed E-state index contributed by atoms with van der Waals surface area (Å²) >= 11 is 5.51. The van der Waals surface area contributed by atoms with E-state index >= 15 is 0 Å². The van der Waals surface area contributed by atoms with Gasteiger partial charge in [-0.1, -0.05) is 32.4 Å². The highest BCUT2D eigenvalue weighted by atomic mass is 35.5. The number of hydrogen-bond donors (Lipinski definition) is 1. The first-order valence-corrected chi connectivity index (χ1v) is 6.50. The van der Waals surface area contributed by atoms with E-state index in [0.29, 0.717) is 0 Å². The van der Waals surface area contributed by atoms with Crippen LogP contribution in [-0.2, 0) is 20.0 Å². The number of hydrogen-bond acceptors (Lipinski definition) is 5. The van der Waals surface area contributed by atoms with Gasteiger partial charge in [0.1, 0.15) is 11.8 Å². The fourth-order valence-electron chi connectivity index (χ4n) is 1.22. The number of carbonyl (C=O) groups excluding carboxylic acids is 1. The number of carboxylic acids is 1. The molecule has 116 valence electrons. The van der Waals surface area contributed by atoms with Crippen LogP contribution in [0.3, 0.4) is 0 Å². The van der Waals surface area contributed by atoms with Gasteiger partial charge < -0.3 is 9.84 Å². The van der Waals surface area contributed by atoms with E-state index in [-0.39, 0.29) is 5.15 Å². The summed E-state index contributed by atoms with van der Waals surface area (Å²) in [7, 11) is 0. The summed E-state index contributed by atoms with van der Waals surface area (Å²) in [5, 5.41) is 15.7. The Labute approximate surface area is 126 Å². The number of halogens is 2. The molecule has 6 nitrogen and oxygen atoms in total. The van der Waals surface area contributed by atoms with Crippen LogP contribution in [0.1, 0.15) is 33.4 Å². The van der Waals surface area contributed by atoms with E-state index in [1.807, 2.05) is 0 Å². The lowest BCUT2D eigenvalue weighted by atomic mass is 9.90. The van der Waals surface area contributed by atoms with Crippen LogP contribution >= 0.6 is 11.6 Å². The van der Waals surface area contributed by atoms with Crippen molar-refractivity contribution in [2.75, 3.05) is 0 Å². The molecule has 2 unspecified atom stereocenters. The number of aromatic nitrogens is 2. The molecule has 0 spiro atoms. The van der Waals surface area contributed by atoms with Crippen LogP contribution in [0.4, 0.5) is 4.39 Å². The molecule has 2 atom stereocenters. The van der Waals surface area contributed by atoms with Crippen molar-refractivity contribution < 1.29 is 23.8 Å². The summed E-state index contributed by atoms with van der Waals surface area (Å²) in [4.78, 5) is 23.2. The van der Waals surface area contributed by atoms with E-state index in [9.17, 15) is 14.0 Å². The number of carbonyl (C=O) groups is 2. The van der Waals surface area contributed by atoms with E-state index in [1.54, 1.807) is 27.7 Å². The summed E-state index contributed by atoms with van der Waals surface area (Å²) in [5.41, 5.74) is -4.59. The molecule has 0 saturated carbocycles. The van der Waals surface area contributed by atoms with Gasteiger partial charge in [0.2, 0.25) is 0 Å². The Hall–Kier alpha value is -1.76. The summed E-state index contributed by atoms with van der Waals surface area (Å²) in [6.07, 6.45) is -0.695. The Morgan fingerprint density at radius 3 is 2.29 bits per heavy atom. The molecule has 0 aliphatic carbocycles. The minimum Gasteiger partial charge on any atom is -0.478 e. The molecule has 1 heterocycles. The van der Waals surface area contributed by atoms with E-state index in [0.717, 1.165) is 12.1 Å². The number of nitrogens with zero attached hydrogens (tertiary/aromatic N) is 2. The summed E-state index contributed by atoms with van der Waals surface area (Å²) in [6.45, 7) is 6.86. The van der Waals surface area contributed by atoms with Gasteiger partial charge in [-0.3, -0.25) is 0 Å². The maximum Gasteiger partial charge on any atom is 0.362 e. The number of aliphatic carboxylic acids is 1. The molecular weight excluding hydrogens is 303 g/mol. The molecule has 0 bridgehead atoms. The molecule has 1 aromatic heterocycles. The first kappa shape index (κ1) is 17.3. The quantitative estimate of drug-likeness (QED) is 0.677. The second kappa shape index (κ2) is 5.93. The van der Waals surface area contributed by atoms with Gasteiger partial charge in [0.25, 0.3) is 0 Å². The topological polar surface area (TPSA) is 89.4 Å². The van der Waals surface area contributed by atoms with E-state index < -0.39 is 34.8 Å². The second-order valence-corrected chi connectivity index (χ2v) is 6.01. The number of rotatable bonds is 4. The third-order valence-electron chi connectivity index (χ3n) is 3.06. The first-order chi connectivity index (χ1) is 9.49. The molecule has 1 aromatic rings. The van der Waals surface area contributed by atoms with Crippen LogP contribution < -0.4 is 0 Å². The molecular formula is C13H16ClFN2O4. The lowest BCUT2D eigenvalue weighted by Crippen LogP contribution is -2.44. The van der Waals surface area contributed by atoms with Gasteiger partial charge in [0.15, 0.2) is 5.15 Å². The van der Waals surface area contributed by atoms with Gasteiger partial charge in [-0.15, -0.1) is 10.2 Å². The normalized spacial score (nSPS) is 15.9. The van der Waals surface area contributed by atoms with Crippen molar-refractivity contribution in [3.05, 3.63) is 23.0 Å². The van der Waals surface area contributed by atoms with Crippen molar-refractivity contribution in [2.45, 2.75) is 39.5 Å². The zero-order valence-corrected chi connectivity index (χ0v) is 12.8. The molecule has 0 aliphatic heterocycles. The predicted molar refractivity (Wildman–Crippen MR) is 72.5 cm³/mol. The highest BCUT2D eigenvalue weighted by molar-refractivity contribution is 6.29. The monoisotopic (exact) mass is 318 g/mol. The summed E-state index contributed by atoms with van der Waals surface area (Å²) in [5.74, 6) is -3.57. The first-order valence-electron chi connectivity index (χ1n) is 6.12. The summed E-state index contributed by atoms with van der Waals surface area (Å²) < 4.78 is 19.6. The third kappa shape index (κ3) is 3.66. The molecule has 1 N–H and O–H groups in total. The standard InChI is InChI=1S/C13H16ClFN2O4/c1-7(12(2,3)4)21-11(20)13(15,10(18)19)8-5-6-9(14)17-16-8/h5-7H,1-4H3,(H,18,19). The van der Waals surface area contributed by atoms with Crippen LogP contribution in [0, 0.1) is 5.41 Å². The van der Waals surface area contributed by atoms with Crippen LogP contribution in [0.25, 0.3) is 0 Å². The third-order valence-corrected chi connectivity index (χ3v) is 3.27. The van der Waals surface area contributed by atoms with Crippen LogP contribution in [0.2, 0.25) is 5.15 Å². The number of esters is 1. The molecule has 0 aliphatic rings. The zero-order valence-electron chi connectivity index (χ0n) is 12.1. The van der Waals surface area contributed by atoms with Gasteiger partial charge in [0.05, 0.1) is 0 Å². The maximum atomic E-state index is 14.7. The minimum absolute atomic E-state index is 0.0529.